The Morgan fingerprint density at radius 2 is 0.882 bits per heavy atom. The Hall–Kier alpha value is -2.79. The third kappa shape index (κ3) is 16.8. The van der Waals surface area contributed by atoms with Crippen molar-refractivity contribution in [3.05, 3.63) is 108 Å². The SMILES string of the molecule is O=C(O)c1ccccc1.O=C([O-])c1ccccc1.O=C([O-])c1ccccc1.OCC(O)CO.[Ca+2]. The van der Waals surface area contributed by atoms with Crippen LogP contribution in [0.4, 0.5) is 0 Å². The number of carboxylic acid groups (broad SMARTS) is 3. The average molecular weight is 497 g/mol. The van der Waals surface area contributed by atoms with Crippen LogP contribution in [0.1, 0.15) is 31.1 Å². The summed E-state index contributed by atoms with van der Waals surface area (Å²) < 4.78 is 0. The van der Waals surface area contributed by atoms with Gasteiger partial charge in [0.25, 0.3) is 0 Å². The first-order valence-electron chi connectivity index (χ1n) is 9.43. The molecule has 0 aliphatic rings. The van der Waals surface area contributed by atoms with Gasteiger partial charge in [0.2, 0.25) is 0 Å². The van der Waals surface area contributed by atoms with Crippen LogP contribution in [0.15, 0.2) is 91.0 Å². The van der Waals surface area contributed by atoms with Crippen molar-refractivity contribution >= 4 is 55.6 Å². The zero-order valence-electron chi connectivity index (χ0n) is 18.2. The smallest absolute Gasteiger partial charge is 0.545 e. The van der Waals surface area contributed by atoms with Gasteiger partial charge in [0.15, 0.2) is 0 Å². The van der Waals surface area contributed by atoms with Crippen LogP contribution in [-0.2, 0) is 0 Å². The van der Waals surface area contributed by atoms with E-state index in [2.05, 4.69) is 0 Å². The average Bonchev–Trinajstić information content (AvgIpc) is 2.86. The maximum Gasteiger partial charge on any atom is 2.00 e. The fraction of sp³-hybridized carbons (Fsp3) is 0.125. The number of hydrogen-bond donors (Lipinski definition) is 4. The minimum Gasteiger partial charge on any atom is -0.545 e. The molecular weight excluding hydrogens is 472 g/mol. The third-order valence-electron chi connectivity index (χ3n) is 3.46. The predicted molar refractivity (Wildman–Crippen MR) is 121 cm³/mol. The van der Waals surface area contributed by atoms with Gasteiger partial charge in [-0.25, -0.2) is 4.79 Å². The Kier molecular flexibility index (Phi) is 20.4. The van der Waals surface area contributed by atoms with E-state index >= 15 is 0 Å². The van der Waals surface area contributed by atoms with E-state index < -0.39 is 24.0 Å². The molecule has 0 bridgehead atoms. The molecule has 10 heteroatoms. The summed E-state index contributed by atoms with van der Waals surface area (Å²) in [6.07, 6.45) is -0.954. The molecule has 34 heavy (non-hydrogen) atoms. The number of benzene rings is 3. The molecule has 0 aliphatic carbocycles. The molecule has 0 spiro atoms. The van der Waals surface area contributed by atoms with E-state index in [1.165, 1.54) is 24.3 Å². The van der Waals surface area contributed by atoms with Crippen molar-refractivity contribution in [3.8, 4) is 0 Å². The molecule has 0 aliphatic heterocycles. The summed E-state index contributed by atoms with van der Waals surface area (Å²) in [4.78, 5) is 30.4. The second-order valence-electron chi connectivity index (χ2n) is 6.00. The third-order valence-corrected chi connectivity index (χ3v) is 3.46. The van der Waals surface area contributed by atoms with Crippen molar-refractivity contribution in [1.82, 2.24) is 0 Å². The summed E-state index contributed by atoms with van der Waals surface area (Å²) in [5.74, 6) is -3.14. The van der Waals surface area contributed by atoms with Crippen LogP contribution in [0.25, 0.3) is 0 Å². The molecule has 0 unspecified atom stereocenters. The summed E-state index contributed by atoms with van der Waals surface area (Å²) in [7, 11) is 0. The minimum atomic E-state index is -1.13. The van der Waals surface area contributed by atoms with Crippen LogP contribution >= 0.6 is 0 Å². The van der Waals surface area contributed by atoms with Gasteiger partial charge < -0.3 is 40.2 Å². The van der Waals surface area contributed by atoms with Crippen molar-refractivity contribution in [2.75, 3.05) is 13.2 Å². The Balaban J connectivity index is 0. The molecule has 3 aromatic carbocycles. The van der Waals surface area contributed by atoms with Gasteiger partial charge in [-0.1, -0.05) is 78.9 Å². The maximum atomic E-state index is 10.2. The van der Waals surface area contributed by atoms with E-state index in [9.17, 15) is 24.6 Å². The Morgan fingerprint density at radius 3 is 1.00 bits per heavy atom. The second-order valence-corrected chi connectivity index (χ2v) is 6.00. The van der Waals surface area contributed by atoms with E-state index in [-0.39, 0.29) is 62.1 Å². The number of aliphatic hydroxyl groups excluding tert-OH is 3. The Bertz CT molecular complexity index is 815. The van der Waals surface area contributed by atoms with Crippen molar-refractivity contribution in [1.29, 1.82) is 0 Å². The van der Waals surface area contributed by atoms with Gasteiger partial charge in [-0.05, 0) is 23.3 Å². The van der Waals surface area contributed by atoms with Crippen LogP contribution in [-0.4, -0.2) is 95.4 Å². The summed E-state index contributed by atoms with van der Waals surface area (Å²) in [5, 5.41) is 52.6. The molecule has 176 valence electrons. The molecule has 9 nitrogen and oxygen atoms in total. The van der Waals surface area contributed by atoms with Crippen LogP contribution in [0.2, 0.25) is 0 Å². The second kappa shape index (κ2) is 20.8. The maximum absolute atomic E-state index is 10.2. The topological polar surface area (TPSA) is 178 Å². The fourth-order valence-electron chi connectivity index (χ4n) is 1.79. The van der Waals surface area contributed by atoms with Crippen LogP contribution < -0.4 is 10.2 Å². The fourth-order valence-corrected chi connectivity index (χ4v) is 1.79. The van der Waals surface area contributed by atoms with Gasteiger partial charge in [0.1, 0.15) is 6.10 Å². The van der Waals surface area contributed by atoms with Gasteiger partial charge in [0.05, 0.1) is 30.7 Å². The Morgan fingerprint density at radius 1 is 0.618 bits per heavy atom. The number of rotatable bonds is 5. The van der Waals surface area contributed by atoms with Gasteiger partial charge in [-0.3, -0.25) is 0 Å². The van der Waals surface area contributed by atoms with Crippen molar-refractivity contribution in [3.63, 3.8) is 0 Å². The van der Waals surface area contributed by atoms with E-state index in [4.69, 9.17) is 20.4 Å². The molecule has 0 saturated carbocycles. The largest absolute Gasteiger partial charge is 2.00 e. The number of aromatic carboxylic acids is 3. The standard InChI is InChI=1S/3C7H6O2.C3H8O3.Ca/c3*8-7(9)6-4-2-1-3-5-6;4-1-3(6)2-5;/h3*1-5H,(H,8,9);3-6H,1-2H2;/q;;;;+2/p-2. The minimum absolute atomic E-state index is 0. The molecule has 3 rings (SSSR count). The van der Waals surface area contributed by atoms with Crippen LogP contribution in [0.5, 0.6) is 0 Å². The van der Waals surface area contributed by atoms with Crippen molar-refractivity contribution < 1.29 is 45.0 Å². The number of carbonyl (C=O) groups excluding carboxylic acids is 2. The van der Waals surface area contributed by atoms with E-state index in [0.717, 1.165) is 0 Å². The molecule has 0 heterocycles. The van der Waals surface area contributed by atoms with Gasteiger partial charge in [-0.2, -0.15) is 0 Å². The van der Waals surface area contributed by atoms with Gasteiger partial charge in [-0.15, -0.1) is 0 Å². The summed E-state index contributed by atoms with van der Waals surface area (Å²) in [5.41, 5.74) is 0.771. The first kappa shape index (κ1) is 33.4. The van der Waals surface area contributed by atoms with Gasteiger partial charge >= 0.3 is 43.7 Å². The normalized spacial score (nSPS) is 8.82. The number of carboxylic acids is 3. The molecule has 0 radical (unpaired) electrons. The van der Waals surface area contributed by atoms with E-state index in [0.29, 0.717) is 5.56 Å². The molecule has 3 aromatic rings. The zero-order chi connectivity index (χ0) is 25.1. The Labute approximate surface area is 226 Å². The number of aliphatic hydroxyl groups is 3. The molecule has 0 amide bonds. The predicted octanol–water partition coefficient (Wildman–Crippen LogP) is -0.564. The summed E-state index contributed by atoms with van der Waals surface area (Å²) in [6.45, 7) is -0.729. The van der Waals surface area contributed by atoms with Gasteiger partial charge in [0, 0.05) is 0 Å². The molecule has 0 aromatic heterocycles. The van der Waals surface area contributed by atoms with E-state index in [1.54, 1.807) is 66.7 Å². The van der Waals surface area contributed by atoms with Crippen LogP contribution in [0.3, 0.4) is 0 Å². The number of carbonyl (C=O) groups is 3. The number of hydrogen-bond acceptors (Lipinski definition) is 8. The van der Waals surface area contributed by atoms with Crippen molar-refractivity contribution in [2.45, 2.75) is 6.10 Å². The zero-order valence-corrected chi connectivity index (χ0v) is 20.4. The monoisotopic (exact) mass is 496 g/mol. The summed E-state index contributed by atoms with van der Waals surface area (Å²) in [6, 6.07) is 24.4. The molecule has 0 saturated heterocycles. The van der Waals surface area contributed by atoms with Crippen LogP contribution in [0, 0.1) is 0 Å². The first-order chi connectivity index (χ1) is 15.7. The first-order valence-corrected chi connectivity index (χ1v) is 9.43. The van der Waals surface area contributed by atoms with Crippen molar-refractivity contribution in [2.24, 2.45) is 0 Å². The summed E-state index contributed by atoms with van der Waals surface area (Å²) >= 11 is 0. The van der Waals surface area contributed by atoms with E-state index in [1.807, 2.05) is 0 Å². The quantitative estimate of drug-likeness (QED) is 0.337. The molecular formula is C24H24CaO9. The molecule has 0 fully saturated rings. The molecule has 4 N–H and O–H groups in total. The molecule has 0 atom stereocenters.